The maximum absolute atomic E-state index is 11.8. The predicted octanol–water partition coefficient (Wildman–Crippen LogP) is 4.01. The van der Waals surface area contributed by atoms with E-state index >= 15 is 0 Å². The van der Waals surface area contributed by atoms with Crippen LogP contribution < -0.4 is 10.1 Å². The van der Waals surface area contributed by atoms with E-state index in [2.05, 4.69) is 17.4 Å². The van der Waals surface area contributed by atoms with E-state index in [1.165, 1.54) is 4.90 Å². The number of nitrogens with one attached hydrogen (secondary N) is 1. The lowest BCUT2D eigenvalue weighted by Crippen LogP contribution is -2.23. The fourth-order valence-corrected chi connectivity index (χ4v) is 2.72. The molecule has 0 bridgehead atoms. The van der Waals surface area contributed by atoms with Crippen LogP contribution >= 0.6 is 11.8 Å². The number of ether oxygens (including phenoxy) is 1. The van der Waals surface area contributed by atoms with Crippen LogP contribution in [0.15, 0.2) is 65.6 Å². The van der Waals surface area contributed by atoms with Crippen molar-refractivity contribution in [2.45, 2.75) is 11.8 Å². The van der Waals surface area contributed by atoms with E-state index in [-0.39, 0.29) is 5.91 Å². The largest absolute Gasteiger partial charge is 0.494 e. The highest BCUT2D eigenvalue weighted by atomic mass is 32.2. The molecular weight excluding hydrogens is 306 g/mol. The van der Waals surface area contributed by atoms with Gasteiger partial charge in [0, 0.05) is 23.3 Å². The number of thioether (sulfide) groups is 1. The zero-order valence-corrected chi connectivity index (χ0v) is 14.0. The Morgan fingerprint density at radius 1 is 1.13 bits per heavy atom. The zero-order chi connectivity index (χ0) is 16.3. The molecule has 0 radical (unpaired) electrons. The van der Waals surface area contributed by atoms with Crippen LogP contribution in [0.4, 0.5) is 0 Å². The molecule has 0 atom stereocenters. The van der Waals surface area contributed by atoms with Gasteiger partial charge in [-0.05, 0) is 42.8 Å². The molecule has 0 heterocycles. The Kier molecular flexibility index (Phi) is 7.27. The molecule has 120 valence electrons. The number of carbonyl (C=O) groups excluding carboxylic acids is 1. The Balaban J connectivity index is 1.69. The van der Waals surface area contributed by atoms with E-state index in [9.17, 15) is 4.79 Å². The number of benzene rings is 2. The Morgan fingerprint density at radius 2 is 1.87 bits per heavy atom. The molecule has 0 saturated carbocycles. The highest BCUT2D eigenvalue weighted by Gasteiger charge is 1.97. The summed E-state index contributed by atoms with van der Waals surface area (Å²) in [4.78, 5) is 13.0. The number of amides is 1. The number of hydrogen-bond acceptors (Lipinski definition) is 3. The Labute approximate surface area is 141 Å². The fraction of sp³-hybridized carbons (Fsp3) is 0.211. The Morgan fingerprint density at radius 3 is 2.57 bits per heavy atom. The molecule has 0 aliphatic rings. The van der Waals surface area contributed by atoms with Gasteiger partial charge in [0.25, 0.3) is 0 Å². The molecule has 0 unspecified atom stereocenters. The summed E-state index contributed by atoms with van der Waals surface area (Å²) >= 11 is 1.73. The third kappa shape index (κ3) is 6.61. The third-order valence-corrected chi connectivity index (χ3v) is 4.05. The number of rotatable bonds is 8. The van der Waals surface area contributed by atoms with Crippen LogP contribution in [-0.2, 0) is 4.79 Å². The van der Waals surface area contributed by atoms with Crippen LogP contribution in [0.5, 0.6) is 5.75 Å². The Bertz CT molecular complexity index is 624. The lowest BCUT2D eigenvalue weighted by Gasteiger charge is -2.03. The van der Waals surface area contributed by atoms with Crippen LogP contribution in [0.2, 0.25) is 0 Å². The molecule has 0 aliphatic heterocycles. The summed E-state index contributed by atoms with van der Waals surface area (Å²) in [5.41, 5.74) is 0.974. The van der Waals surface area contributed by atoms with Crippen molar-refractivity contribution >= 4 is 23.7 Å². The van der Waals surface area contributed by atoms with Gasteiger partial charge in [0.15, 0.2) is 0 Å². The molecule has 0 aromatic heterocycles. The van der Waals surface area contributed by atoms with E-state index in [0.717, 1.165) is 17.1 Å². The highest BCUT2D eigenvalue weighted by Crippen LogP contribution is 2.15. The SMILES string of the molecule is CCOc1ccc(/C=C/C(=O)NCCSc2ccccc2)cc1. The molecule has 2 aromatic rings. The monoisotopic (exact) mass is 327 g/mol. The molecule has 2 aromatic carbocycles. The van der Waals surface area contributed by atoms with Gasteiger partial charge in [-0.15, -0.1) is 11.8 Å². The first kappa shape index (κ1) is 17.2. The maximum Gasteiger partial charge on any atom is 0.244 e. The standard InChI is InChI=1S/C19H21NO2S/c1-2-22-17-11-8-16(9-12-17)10-13-19(21)20-14-15-23-18-6-4-3-5-7-18/h3-13H,2,14-15H2,1H3,(H,20,21)/b13-10+. The molecule has 2 rings (SSSR count). The van der Waals surface area contributed by atoms with Gasteiger partial charge in [-0.25, -0.2) is 0 Å². The van der Waals surface area contributed by atoms with Crippen molar-refractivity contribution in [2.75, 3.05) is 18.9 Å². The summed E-state index contributed by atoms with van der Waals surface area (Å²) in [6.45, 7) is 3.25. The van der Waals surface area contributed by atoms with E-state index in [1.54, 1.807) is 23.9 Å². The molecule has 0 fully saturated rings. The van der Waals surface area contributed by atoms with Crippen molar-refractivity contribution in [3.8, 4) is 5.75 Å². The summed E-state index contributed by atoms with van der Waals surface area (Å²) in [6.07, 6.45) is 3.36. The van der Waals surface area contributed by atoms with Crippen molar-refractivity contribution in [1.82, 2.24) is 5.32 Å². The summed E-state index contributed by atoms with van der Waals surface area (Å²) in [7, 11) is 0. The minimum Gasteiger partial charge on any atom is -0.494 e. The second kappa shape index (κ2) is 9.74. The minimum atomic E-state index is -0.0763. The smallest absolute Gasteiger partial charge is 0.244 e. The molecule has 3 nitrogen and oxygen atoms in total. The third-order valence-electron chi connectivity index (χ3n) is 3.03. The second-order valence-corrected chi connectivity index (χ2v) is 5.96. The van der Waals surface area contributed by atoms with Crippen molar-refractivity contribution in [2.24, 2.45) is 0 Å². The number of carbonyl (C=O) groups is 1. The van der Waals surface area contributed by atoms with Gasteiger partial charge in [0.05, 0.1) is 6.61 Å². The zero-order valence-electron chi connectivity index (χ0n) is 13.2. The van der Waals surface area contributed by atoms with Crippen molar-refractivity contribution < 1.29 is 9.53 Å². The molecule has 0 spiro atoms. The van der Waals surface area contributed by atoms with Gasteiger partial charge < -0.3 is 10.1 Å². The van der Waals surface area contributed by atoms with Crippen LogP contribution in [-0.4, -0.2) is 24.8 Å². The molecule has 0 saturated heterocycles. The van der Waals surface area contributed by atoms with Crippen LogP contribution in [0.3, 0.4) is 0 Å². The summed E-state index contributed by atoms with van der Waals surface area (Å²) in [5.74, 6) is 1.62. The molecule has 4 heteroatoms. The summed E-state index contributed by atoms with van der Waals surface area (Å²) in [6, 6.07) is 17.8. The predicted molar refractivity (Wildman–Crippen MR) is 96.8 cm³/mol. The maximum atomic E-state index is 11.8. The molecular formula is C19H21NO2S. The lowest BCUT2D eigenvalue weighted by atomic mass is 10.2. The van der Waals surface area contributed by atoms with Gasteiger partial charge in [0.2, 0.25) is 5.91 Å². The van der Waals surface area contributed by atoms with Gasteiger partial charge in [-0.2, -0.15) is 0 Å². The van der Waals surface area contributed by atoms with Crippen LogP contribution in [0.1, 0.15) is 12.5 Å². The Hall–Kier alpha value is -2.20. The van der Waals surface area contributed by atoms with Crippen molar-refractivity contribution in [1.29, 1.82) is 0 Å². The molecule has 1 amide bonds. The fourth-order valence-electron chi connectivity index (χ4n) is 1.93. The van der Waals surface area contributed by atoms with E-state index in [4.69, 9.17) is 4.74 Å². The first-order valence-electron chi connectivity index (χ1n) is 7.64. The molecule has 0 aliphatic carbocycles. The van der Waals surface area contributed by atoms with Crippen LogP contribution in [0.25, 0.3) is 6.08 Å². The molecule has 1 N–H and O–H groups in total. The second-order valence-electron chi connectivity index (χ2n) is 4.79. The number of hydrogen-bond donors (Lipinski definition) is 1. The topological polar surface area (TPSA) is 38.3 Å². The van der Waals surface area contributed by atoms with Gasteiger partial charge >= 0.3 is 0 Å². The minimum absolute atomic E-state index is 0.0763. The van der Waals surface area contributed by atoms with E-state index < -0.39 is 0 Å². The first-order chi connectivity index (χ1) is 11.3. The van der Waals surface area contributed by atoms with Gasteiger partial charge in [0.1, 0.15) is 5.75 Å². The average molecular weight is 327 g/mol. The summed E-state index contributed by atoms with van der Waals surface area (Å²) in [5, 5.41) is 2.88. The van der Waals surface area contributed by atoms with Crippen molar-refractivity contribution in [3.63, 3.8) is 0 Å². The van der Waals surface area contributed by atoms with Crippen molar-refractivity contribution in [3.05, 3.63) is 66.2 Å². The van der Waals surface area contributed by atoms with Gasteiger partial charge in [-0.1, -0.05) is 30.3 Å². The normalized spacial score (nSPS) is 10.7. The van der Waals surface area contributed by atoms with Gasteiger partial charge in [-0.3, -0.25) is 4.79 Å². The summed E-state index contributed by atoms with van der Waals surface area (Å²) < 4.78 is 5.38. The van der Waals surface area contributed by atoms with E-state index in [1.807, 2.05) is 49.4 Å². The van der Waals surface area contributed by atoms with E-state index in [0.29, 0.717) is 13.2 Å². The quantitative estimate of drug-likeness (QED) is 0.452. The average Bonchev–Trinajstić information content (AvgIpc) is 2.59. The van der Waals surface area contributed by atoms with Crippen LogP contribution in [0, 0.1) is 0 Å². The highest BCUT2D eigenvalue weighted by molar-refractivity contribution is 7.99. The lowest BCUT2D eigenvalue weighted by molar-refractivity contribution is -0.116. The molecule has 23 heavy (non-hydrogen) atoms. The first-order valence-corrected chi connectivity index (χ1v) is 8.63.